The minimum absolute atomic E-state index is 0.0689. The Morgan fingerprint density at radius 2 is 2.04 bits per heavy atom. The van der Waals surface area contributed by atoms with E-state index < -0.39 is 6.04 Å². The Bertz CT molecular complexity index is 790. The molecule has 2 aliphatic heterocycles. The highest BCUT2D eigenvalue weighted by atomic mass is 32.1. The average molecular weight is 358 g/mol. The Kier molecular flexibility index (Phi) is 4.31. The SMILES string of the molecule is O=C(Nc1ccc2c(c1)OCO2)C1CCCCN1C(=O)c1cccs1. The summed E-state index contributed by atoms with van der Waals surface area (Å²) in [5, 5.41) is 4.78. The maximum absolute atomic E-state index is 12.8. The molecule has 6 nitrogen and oxygen atoms in total. The first-order valence-corrected chi connectivity index (χ1v) is 9.15. The number of carbonyl (C=O) groups is 2. The number of nitrogens with zero attached hydrogens (tertiary/aromatic N) is 1. The highest BCUT2D eigenvalue weighted by molar-refractivity contribution is 7.12. The fourth-order valence-corrected chi connectivity index (χ4v) is 3.87. The van der Waals surface area contributed by atoms with Gasteiger partial charge in [0.2, 0.25) is 12.7 Å². The number of thiophene rings is 1. The van der Waals surface area contributed by atoms with Crippen LogP contribution in [0.25, 0.3) is 0 Å². The van der Waals surface area contributed by atoms with E-state index in [1.807, 2.05) is 11.4 Å². The minimum Gasteiger partial charge on any atom is -0.454 e. The molecular formula is C18H18N2O4S. The van der Waals surface area contributed by atoms with Crippen LogP contribution in [0.15, 0.2) is 35.7 Å². The normalized spacial score (nSPS) is 18.9. The molecule has 4 rings (SSSR count). The molecule has 1 aromatic heterocycles. The van der Waals surface area contributed by atoms with E-state index in [0.29, 0.717) is 35.0 Å². The first-order valence-electron chi connectivity index (χ1n) is 8.27. The number of benzene rings is 1. The Morgan fingerprint density at radius 3 is 2.88 bits per heavy atom. The van der Waals surface area contributed by atoms with Crippen LogP contribution in [0.4, 0.5) is 5.69 Å². The van der Waals surface area contributed by atoms with Crippen LogP contribution in [0, 0.1) is 0 Å². The van der Waals surface area contributed by atoms with Gasteiger partial charge in [0.15, 0.2) is 11.5 Å². The van der Waals surface area contributed by atoms with E-state index >= 15 is 0 Å². The molecule has 0 radical (unpaired) electrons. The lowest BCUT2D eigenvalue weighted by atomic mass is 10.0. The zero-order chi connectivity index (χ0) is 17.2. The number of nitrogens with one attached hydrogen (secondary N) is 1. The summed E-state index contributed by atoms with van der Waals surface area (Å²) >= 11 is 1.40. The van der Waals surface area contributed by atoms with E-state index in [9.17, 15) is 9.59 Å². The number of likely N-dealkylation sites (tertiary alicyclic amines) is 1. The summed E-state index contributed by atoms with van der Waals surface area (Å²) in [4.78, 5) is 27.8. The quantitative estimate of drug-likeness (QED) is 0.915. The van der Waals surface area contributed by atoms with Crippen molar-refractivity contribution < 1.29 is 19.1 Å². The summed E-state index contributed by atoms with van der Waals surface area (Å²) in [6, 6.07) is 8.49. The van der Waals surface area contributed by atoms with Crippen LogP contribution in [-0.2, 0) is 4.79 Å². The zero-order valence-electron chi connectivity index (χ0n) is 13.6. The first-order chi connectivity index (χ1) is 12.2. The summed E-state index contributed by atoms with van der Waals surface area (Å²) in [7, 11) is 0. The van der Waals surface area contributed by atoms with Gasteiger partial charge in [0, 0.05) is 18.3 Å². The zero-order valence-corrected chi connectivity index (χ0v) is 14.4. The summed E-state index contributed by atoms with van der Waals surface area (Å²) < 4.78 is 10.6. The Morgan fingerprint density at radius 1 is 1.16 bits per heavy atom. The Labute approximate surface area is 149 Å². The van der Waals surface area contributed by atoms with Crippen molar-refractivity contribution in [3.8, 4) is 11.5 Å². The van der Waals surface area contributed by atoms with Crippen molar-refractivity contribution in [3.63, 3.8) is 0 Å². The van der Waals surface area contributed by atoms with Crippen LogP contribution in [-0.4, -0.2) is 36.1 Å². The molecule has 7 heteroatoms. The topological polar surface area (TPSA) is 67.9 Å². The van der Waals surface area contributed by atoms with Gasteiger partial charge < -0.3 is 19.7 Å². The summed E-state index contributed by atoms with van der Waals surface area (Å²) in [5.74, 6) is 1.06. The van der Waals surface area contributed by atoms with Crippen molar-refractivity contribution in [1.82, 2.24) is 4.90 Å². The third kappa shape index (κ3) is 3.19. The van der Waals surface area contributed by atoms with Gasteiger partial charge in [-0.1, -0.05) is 6.07 Å². The van der Waals surface area contributed by atoms with Crippen LogP contribution in [0.2, 0.25) is 0 Å². The van der Waals surface area contributed by atoms with E-state index in [0.717, 1.165) is 12.8 Å². The number of ether oxygens (including phenoxy) is 2. The van der Waals surface area contributed by atoms with Gasteiger partial charge in [0.25, 0.3) is 5.91 Å². The predicted molar refractivity (Wildman–Crippen MR) is 94.2 cm³/mol. The number of carbonyl (C=O) groups excluding carboxylic acids is 2. The fraction of sp³-hybridized carbons (Fsp3) is 0.333. The molecule has 1 N–H and O–H groups in total. The molecule has 3 heterocycles. The van der Waals surface area contributed by atoms with Crippen LogP contribution in [0.3, 0.4) is 0 Å². The summed E-state index contributed by atoms with van der Waals surface area (Å²) in [6.45, 7) is 0.800. The molecule has 2 aliphatic rings. The molecule has 0 saturated carbocycles. The standard InChI is InChI=1S/C18H18N2O4S/c21-17(19-12-6-7-14-15(10-12)24-11-23-14)13-4-1-2-8-20(13)18(22)16-5-3-9-25-16/h3,5-7,9-10,13H,1-2,4,8,11H2,(H,19,21). The average Bonchev–Trinajstić information content (AvgIpc) is 3.32. The van der Waals surface area contributed by atoms with Gasteiger partial charge in [-0.05, 0) is 42.8 Å². The summed E-state index contributed by atoms with van der Waals surface area (Å²) in [5.41, 5.74) is 0.642. The van der Waals surface area contributed by atoms with Gasteiger partial charge in [0.1, 0.15) is 6.04 Å². The van der Waals surface area contributed by atoms with Crippen LogP contribution < -0.4 is 14.8 Å². The molecule has 0 aliphatic carbocycles. The highest BCUT2D eigenvalue weighted by Crippen LogP contribution is 2.34. The molecular weight excluding hydrogens is 340 g/mol. The van der Waals surface area contributed by atoms with Crippen molar-refractivity contribution >= 4 is 28.8 Å². The lowest BCUT2D eigenvalue weighted by molar-refractivity contribution is -0.121. The highest BCUT2D eigenvalue weighted by Gasteiger charge is 2.33. The largest absolute Gasteiger partial charge is 0.454 e. The minimum atomic E-state index is -0.450. The van der Waals surface area contributed by atoms with Crippen LogP contribution in [0.5, 0.6) is 11.5 Å². The third-order valence-corrected chi connectivity index (χ3v) is 5.30. The maximum Gasteiger partial charge on any atom is 0.264 e. The predicted octanol–water partition coefficient (Wildman–Crippen LogP) is 3.11. The molecule has 25 heavy (non-hydrogen) atoms. The molecule has 1 fully saturated rings. The van der Waals surface area contributed by atoms with Crippen molar-refractivity contribution in [2.24, 2.45) is 0 Å². The molecule has 2 amide bonds. The van der Waals surface area contributed by atoms with Gasteiger partial charge in [-0.25, -0.2) is 0 Å². The second-order valence-corrected chi connectivity index (χ2v) is 6.99. The fourth-order valence-electron chi connectivity index (χ4n) is 3.19. The van der Waals surface area contributed by atoms with Gasteiger partial charge in [0.05, 0.1) is 4.88 Å². The molecule has 0 spiro atoms. The van der Waals surface area contributed by atoms with Crippen molar-refractivity contribution in [3.05, 3.63) is 40.6 Å². The van der Waals surface area contributed by atoms with Gasteiger partial charge >= 0.3 is 0 Å². The van der Waals surface area contributed by atoms with E-state index in [1.165, 1.54) is 11.3 Å². The number of hydrogen-bond donors (Lipinski definition) is 1. The molecule has 130 valence electrons. The summed E-state index contributed by atoms with van der Waals surface area (Å²) in [6.07, 6.45) is 2.53. The molecule has 1 aromatic carbocycles. The lowest BCUT2D eigenvalue weighted by Gasteiger charge is -2.34. The smallest absolute Gasteiger partial charge is 0.264 e. The van der Waals surface area contributed by atoms with E-state index in [-0.39, 0.29) is 18.6 Å². The van der Waals surface area contributed by atoms with E-state index in [2.05, 4.69) is 5.32 Å². The Hall–Kier alpha value is -2.54. The van der Waals surface area contributed by atoms with Crippen molar-refractivity contribution in [2.75, 3.05) is 18.7 Å². The molecule has 1 atom stereocenters. The number of hydrogen-bond acceptors (Lipinski definition) is 5. The molecule has 2 aromatic rings. The number of anilines is 1. The maximum atomic E-state index is 12.8. The lowest BCUT2D eigenvalue weighted by Crippen LogP contribution is -2.49. The molecule has 1 unspecified atom stereocenters. The molecule has 0 bridgehead atoms. The van der Waals surface area contributed by atoms with Gasteiger partial charge in [-0.15, -0.1) is 11.3 Å². The van der Waals surface area contributed by atoms with Crippen molar-refractivity contribution in [2.45, 2.75) is 25.3 Å². The second kappa shape index (κ2) is 6.76. The number of amides is 2. The first kappa shape index (κ1) is 16.0. The third-order valence-electron chi connectivity index (χ3n) is 4.44. The number of piperidine rings is 1. The van der Waals surface area contributed by atoms with Crippen molar-refractivity contribution in [1.29, 1.82) is 0 Å². The van der Waals surface area contributed by atoms with E-state index in [4.69, 9.17) is 9.47 Å². The molecule has 1 saturated heterocycles. The van der Waals surface area contributed by atoms with Crippen LogP contribution >= 0.6 is 11.3 Å². The monoisotopic (exact) mass is 358 g/mol. The van der Waals surface area contributed by atoms with Crippen LogP contribution in [0.1, 0.15) is 28.9 Å². The van der Waals surface area contributed by atoms with Gasteiger partial charge in [-0.3, -0.25) is 9.59 Å². The van der Waals surface area contributed by atoms with Gasteiger partial charge in [-0.2, -0.15) is 0 Å². The second-order valence-electron chi connectivity index (χ2n) is 6.04. The number of rotatable bonds is 3. The van der Waals surface area contributed by atoms with E-state index in [1.54, 1.807) is 29.2 Å². The Balaban J connectivity index is 1.50. The number of fused-ring (bicyclic) bond motifs is 1.